The van der Waals surface area contributed by atoms with Gasteiger partial charge >= 0.3 is 6.09 Å². The molecular formula is C16H21N3O3S. The van der Waals surface area contributed by atoms with E-state index in [0.29, 0.717) is 31.5 Å². The SMILES string of the molecule is CC(C)COC(=O)N1CCC(Oc2ccc3ncsc3n2)CC1. The molecular weight excluding hydrogens is 314 g/mol. The zero-order chi connectivity index (χ0) is 16.2. The number of carbonyl (C=O) groups is 1. The molecule has 6 nitrogen and oxygen atoms in total. The van der Waals surface area contributed by atoms with Gasteiger partial charge in [-0.1, -0.05) is 13.8 Å². The Hall–Kier alpha value is -1.89. The molecule has 0 aromatic carbocycles. The summed E-state index contributed by atoms with van der Waals surface area (Å²) in [5.41, 5.74) is 2.67. The van der Waals surface area contributed by atoms with Gasteiger partial charge in [0.2, 0.25) is 5.88 Å². The maximum Gasteiger partial charge on any atom is 0.409 e. The van der Waals surface area contributed by atoms with Crippen LogP contribution in [0, 0.1) is 5.92 Å². The van der Waals surface area contributed by atoms with Crippen molar-refractivity contribution in [3.05, 3.63) is 17.6 Å². The highest BCUT2D eigenvalue weighted by Gasteiger charge is 2.25. The van der Waals surface area contributed by atoms with Crippen molar-refractivity contribution in [3.8, 4) is 5.88 Å². The highest BCUT2D eigenvalue weighted by atomic mass is 32.1. The first kappa shape index (κ1) is 16.0. The number of nitrogens with zero attached hydrogens (tertiary/aromatic N) is 3. The van der Waals surface area contributed by atoms with E-state index in [1.807, 2.05) is 26.0 Å². The lowest BCUT2D eigenvalue weighted by molar-refractivity contribution is 0.0607. The summed E-state index contributed by atoms with van der Waals surface area (Å²) in [7, 11) is 0. The molecule has 1 fully saturated rings. The topological polar surface area (TPSA) is 64.5 Å². The first-order valence-electron chi connectivity index (χ1n) is 7.90. The first-order valence-corrected chi connectivity index (χ1v) is 8.78. The quantitative estimate of drug-likeness (QED) is 0.857. The highest BCUT2D eigenvalue weighted by Crippen LogP contribution is 2.22. The fourth-order valence-electron chi connectivity index (χ4n) is 2.46. The Bertz CT molecular complexity index is 665. The number of pyridine rings is 1. The largest absolute Gasteiger partial charge is 0.474 e. The van der Waals surface area contributed by atoms with Crippen LogP contribution in [0.15, 0.2) is 17.6 Å². The van der Waals surface area contributed by atoms with Crippen LogP contribution in [0.3, 0.4) is 0 Å². The molecule has 7 heteroatoms. The minimum atomic E-state index is -0.221. The normalized spacial score (nSPS) is 16.0. The molecule has 0 N–H and O–H groups in total. The second kappa shape index (κ2) is 7.12. The Balaban J connectivity index is 1.49. The van der Waals surface area contributed by atoms with Crippen LogP contribution in [-0.2, 0) is 4.74 Å². The number of amides is 1. The Labute approximate surface area is 139 Å². The number of aromatic nitrogens is 2. The molecule has 2 aromatic rings. The van der Waals surface area contributed by atoms with Crippen molar-refractivity contribution in [3.63, 3.8) is 0 Å². The monoisotopic (exact) mass is 335 g/mol. The van der Waals surface area contributed by atoms with Crippen LogP contribution in [0.2, 0.25) is 0 Å². The third-order valence-electron chi connectivity index (χ3n) is 3.70. The molecule has 0 saturated carbocycles. The summed E-state index contributed by atoms with van der Waals surface area (Å²) < 4.78 is 11.2. The third-order valence-corrected chi connectivity index (χ3v) is 4.43. The van der Waals surface area contributed by atoms with Crippen molar-refractivity contribution in [2.75, 3.05) is 19.7 Å². The lowest BCUT2D eigenvalue weighted by Crippen LogP contribution is -2.42. The van der Waals surface area contributed by atoms with Gasteiger partial charge in [-0.2, -0.15) is 0 Å². The predicted molar refractivity (Wildman–Crippen MR) is 88.8 cm³/mol. The summed E-state index contributed by atoms with van der Waals surface area (Å²) in [4.78, 5) is 23.2. The second-order valence-corrected chi connectivity index (χ2v) is 6.93. The van der Waals surface area contributed by atoms with Gasteiger partial charge in [-0.15, -0.1) is 11.3 Å². The van der Waals surface area contributed by atoms with Crippen molar-refractivity contribution in [2.45, 2.75) is 32.8 Å². The molecule has 23 heavy (non-hydrogen) atoms. The Kier molecular flexibility index (Phi) is 4.95. The summed E-state index contributed by atoms with van der Waals surface area (Å²) >= 11 is 1.50. The van der Waals surface area contributed by atoms with E-state index in [4.69, 9.17) is 9.47 Å². The molecule has 0 aliphatic carbocycles. The predicted octanol–water partition coefficient (Wildman–Crippen LogP) is 3.33. The van der Waals surface area contributed by atoms with Crippen molar-refractivity contribution < 1.29 is 14.3 Å². The average Bonchev–Trinajstić information content (AvgIpc) is 3.01. The second-order valence-electron chi connectivity index (χ2n) is 6.10. The van der Waals surface area contributed by atoms with E-state index in [0.717, 1.165) is 23.2 Å². The van der Waals surface area contributed by atoms with Gasteiger partial charge in [0.1, 0.15) is 16.5 Å². The van der Waals surface area contributed by atoms with Crippen LogP contribution in [0.4, 0.5) is 4.79 Å². The van der Waals surface area contributed by atoms with Crippen LogP contribution < -0.4 is 4.74 Å². The lowest BCUT2D eigenvalue weighted by atomic mass is 10.1. The van der Waals surface area contributed by atoms with Crippen LogP contribution >= 0.6 is 11.3 Å². The van der Waals surface area contributed by atoms with Crippen molar-refractivity contribution >= 4 is 27.8 Å². The molecule has 0 bridgehead atoms. The first-order chi connectivity index (χ1) is 11.1. The smallest absolute Gasteiger partial charge is 0.409 e. The van der Waals surface area contributed by atoms with Gasteiger partial charge in [-0.25, -0.2) is 14.8 Å². The molecule has 0 radical (unpaired) electrons. The van der Waals surface area contributed by atoms with Crippen LogP contribution in [-0.4, -0.2) is 46.8 Å². The number of rotatable bonds is 4. The fourth-order valence-corrected chi connectivity index (χ4v) is 3.11. The molecule has 124 valence electrons. The van der Waals surface area contributed by atoms with E-state index in [1.165, 1.54) is 11.3 Å². The van der Waals surface area contributed by atoms with Gasteiger partial charge in [-0.05, 0) is 12.0 Å². The summed E-state index contributed by atoms with van der Waals surface area (Å²) in [6, 6.07) is 3.78. The summed E-state index contributed by atoms with van der Waals surface area (Å²) in [6.45, 7) is 5.84. The molecule has 0 spiro atoms. The number of piperidine rings is 1. The van der Waals surface area contributed by atoms with Crippen molar-refractivity contribution in [2.24, 2.45) is 5.92 Å². The van der Waals surface area contributed by atoms with Gasteiger partial charge < -0.3 is 14.4 Å². The molecule has 0 atom stereocenters. The number of ether oxygens (including phenoxy) is 2. The summed E-state index contributed by atoms with van der Waals surface area (Å²) in [5, 5.41) is 0. The summed E-state index contributed by atoms with van der Waals surface area (Å²) in [5.74, 6) is 0.982. The molecule has 3 rings (SSSR count). The number of hydrogen-bond donors (Lipinski definition) is 0. The standard InChI is InChI=1S/C16H21N3O3S/c1-11(2)9-21-16(20)19-7-5-12(6-8-19)22-14-4-3-13-15(18-14)23-10-17-13/h3-4,10-12H,5-9H2,1-2H3. The van der Waals surface area contributed by atoms with E-state index >= 15 is 0 Å². The van der Waals surface area contributed by atoms with Gasteiger partial charge in [-0.3, -0.25) is 0 Å². The molecule has 1 aliphatic rings. The van der Waals surface area contributed by atoms with E-state index < -0.39 is 0 Å². The van der Waals surface area contributed by atoms with Crippen molar-refractivity contribution in [1.29, 1.82) is 0 Å². The number of fused-ring (bicyclic) bond motifs is 1. The van der Waals surface area contributed by atoms with Gasteiger partial charge in [0, 0.05) is 32.0 Å². The van der Waals surface area contributed by atoms with E-state index in [-0.39, 0.29) is 12.2 Å². The minimum Gasteiger partial charge on any atom is -0.474 e. The number of carbonyl (C=O) groups excluding carboxylic acids is 1. The Morgan fingerprint density at radius 1 is 1.39 bits per heavy atom. The molecule has 1 aliphatic heterocycles. The Morgan fingerprint density at radius 3 is 2.91 bits per heavy atom. The fraction of sp³-hybridized carbons (Fsp3) is 0.562. The van der Waals surface area contributed by atoms with E-state index in [9.17, 15) is 4.79 Å². The zero-order valence-corrected chi connectivity index (χ0v) is 14.2. The van der Waals surface area contributed by atoms with E-state index in [1.54, 1.807) is 10.4 Å². The molecule has 1 saturated heterocycles. The maximum atomic E-state index is 11.9. The molecule has 3 heterocycles. The van der Waals surface area contributed by atoms with Crippen LogP contribution in [0.5, 0.6) is 5.88 Å². The van der Waals surface area contributed by atoms with Gasteiger partial charge in [0.05, 0.1) is 12.1 Å². The maximum absolute atomic E-state index is 11.9. The van der Waals surface area contributed by atoms with Gasteiger partial charge in [0.15, 0.2) is 0 Å². The minimum absolute atomic E-state index is 0.0852. The lowest BCUT2D eigenvalue weighted by Gasteiger charge is -2.31. The van der Waals surface area contributed by atoms with Crippen LogP contribution in [0.25, 0.3) is 10.3 Å². The zero-order valence-electron chi connectivity index (χ0n) is 13.4. The molecule has 0 unspecified atom stereocenters. The molecule has 1 amide bonds. The number of likely N-dealkylation sites (tertiary alicyclic amines) is 1. The number of thiazole rings is 1. The van der Waals surface area contributed by atoms with Gasteiger partial charge in [0.25, 0.3) is 0 Å². The average molecular weight is 335 g/mol. The molecule has 2 aromatic heterocycles. The number of hydrogen-bond acceptors (Lipinski definition) is 6. The third kappa shape index (κ3) is 4.10. The summed E-state index contributed by atoms with van der Waals surface area (Å²) in [6.07, 6.45) is 1.45. The highest BCUT2D eigenvalue weighted by molar-refractivity contribution is 7.16. The Morgan fingerprint density at radius 2 is 2.17 bits per heavy atom. The van der Waals surface area contributed by atoms with E-state index in [2.05, 4.69) is 9.97 Å². The van der Waals surface area contributed by atoms with Crippen LogP contribution in [0.1, 0.15) is 26.7 Å². The van der Waals surface area contributed by atoms with Crippen molar-refractivity contribution in [1.82, 2.24) is 14.9 Å².